The lowest BCUT2D eigenvalue weighted by atomic mass is 9.83. The molecule has 1 aliphatic heterocycles. The number of likely N-dealkylation sites (tertiary alicyclic amines) is 1. The Hall–Kier alpha value is -5.94. The molecule has 1 aliphatic carbocycles. The van der Waals surface area contributed by atoms with Crippen molar-refractivity contribution in [2.75, 3.05) is 96.8 Å². The second-order valence-corrected chi connectivity index (χ2v) is 20.9. The molecule has 0 radical (unpaired) electrons. The van der Waals surface area contributed by atoms with Crippen molar-refractivity contribution in [3.05, 3.63) is 99.1 Å². The summed E-state index contributed by atoms with van der Waals surface area (Å²) >= 11 is 2.93. The lowest BCUT2D eigenvalue weighted by molar-refractivity contribution is -0.139. The van der Waals surface area contributed by atoms with Gasteiger partial charge >= 0.3 is 0 Å². The maximum absolute atomic E-state index is 14.2. The zero-order valence-corrected chi connectivity index (χ0v) is 45.8. The number of carbonyl (C=O) groups excluding carboxylic acids is 4. The van der Waals surface area contributed by atoms with Gasteiger partial charge in [-0.05, 0) is 81.8 Å². The summed E-state index contributed by atoms with van der Waals surface area (Å²) in [6.45, 7) is 11.7. The molecule has 410 valence electrons. The number of ketones is 1. The number of ether oxygens (including phenoxy) is 5. The Morgan fingerprint density at radius 3 is 2.20 bits per heavy atom. The molecule has 1 saturated heterocycles. The van der Waals surface area contributed by atoms with Crippen LogP contribution in [0.1, 0.15) is 109 Å². The van der Waals surface area contributed by atoms with Gasteiger partial charge in [0.15, 0.2) is 0 Å². The fourth-order valence-electron chi connectivity index (χ4n) is 8.77. The van der Waals surface area contributed by atoms with Gasteiger partial charge in [0, 0.05) is 53.3 Å². The molecular formula is C55H74N10O9S2. The van der Waals surface area contributed by atoms with Crippen LogP contribution in [0.3, 0.4) is 0 Å². The highest BCUT2D eigenvalue weighted by Gasteiger charge is 2.40. The first kappa shape index (κ1) is 57.8. The predicted molar refractivity (Wildman–Crippen MR) is 294 cm³/mol. The average molecular weight is 1080 g/mol. The van der Waals surface area contributed by atoms with Gasteiger partial charge in [-0.15, -0.1) is 22.7 Å². The number of rotatable bonds is 32. The monoisotopic (exact) mass is 1080 g/mol. The first-order valence-electron chi connectivity index (χ1n) is 26.5. The third-order valence-electron chi connectivity index (χ3n) is 13.0. The first-order chi connectivity index (χ1) is 37.1. The minimum absolute atomic E-state index is 0.0609. The molecule has 0 bridgehead atoms. The van der Waals surface area contributed by atoms with Crippen molar-refractivity contribution in [3.8, 4) is 16.3 Å². The number of carbonyl (C=O) groups is 4. The molecule has 5 aromatic rings. The third kappa shape index (κ3) is 17.8. The van der Waals surface area contributed by atoms with E-state index in [0.29, 0.717) is 114 Å². The van der Waals surface area contributed by atoms with Gasteiger partial charge in [-0.2, -0.15) is 4.98 Å². The second-order valence-electron chi connectivity index (χ2n) is 19.2. The van der Waals surface area contributed by atoms with Crippen LogP contribution in [0.15, 0.2) is 71.6 Å². The molecule has 1 saturated carbocycles. The van der Waals surface area contributed by atoms with Crippen molar-refractivity contribution in [2.24, 2.45) is 11.8 Å². The van der Waals surface area contributed by atoms with Crippen molar-refractivity contribution in [2.45, 2.75) is 90.4 Å². The number of nitrogens with zero attached hydrogens (tertiary/aromatic N) is 5. The van der Waals surface area contributed by atoms with Crippen LogP contribution in [0, 0.1) is 11.8 Å². The average Bonchev–Trinajstić information content (AvgIpc) is 4.26. The lowest BCUT2D eigenvalue weighted by Gasteiger charge is -2.35. The molecule has 7 rings (SSSR count). The molecule has 21 heteroatoms. The summed E-state index contributed by atoms with van der Waals surface area (Å²) in [7, 11) is 1.74. The summed E-state index contributed by atoms with van der Waals surface area (Å²) in [5, 5.41) is 20.8. The van der Waals surface area contributed by atoms with E-state index in [1.807, 2.05) is 28.5 Å². The molecule has 4 heterocycles. The fraction of sp³-hybridized carbons (Fsp3) is 0.527. The number of hydrogen-bond acceptors (Lipinski definition) is 18. The first-order valence-corrected chi connectivity index (χ1v) is 28.3. The highest BCUT2D eigenvalue weighted by atomic mass is 32.1. The molecule has 2 fully saturated rings. The standard InChI is InChI=1S/C55H74N10O9S2/c1-37(2)33-59-47-19-20-58-55(63-47)60-34-43-35-75-52(61-43)41-17-15-40(16-18-41)51(68)57-21-23-70-24-25-71-26-27-72-28-29-73-30-31-74-44-13-8-12-42(32-44)49(66)45-36-76-53(62-45)46-14-9-22-65(46)54(69)48(39-10-6-5-7-11-39)64-50(67)38(3)56-4/h8,12-13,15-20,32,35-39,46,48,56H,5-7,9-11,14,21-31,33-34H2,1-4H3,(H,57,68)(H,64,67)(H2,58,59,60,63). The van der Waals surface area contributed by atoms with E-state index in [4.69, 9.17) is 33.7 Å². The Morgan fingerprint density at radius 1 is 0.750 bits per heavy atom. The molecule has 0 spiro atoms. The Bertz CT molecular complexity index is 2590. The number of amides is 3. The summed E-state index contributed by atoms with van der Waals surface area (Å²) in [5.41, 5.74) is 3.14. The van der Waals surface area contributed by atoms with Gasteiger partial charge in [-0.25, -0.2) is 15.0 Å². The van der Waals surface area contributed by atoms with Gasteiger partial charge in [0.25, 0.3) is 5.91 Å². The number of hydrogen-bond donors (Lipinski definition) is 5. The van der Waals surface area contributed by atoms with E-state index >= 15 is 0 Å². The van der Waals surface area contributed by atoms with Gasteiger partial charge in [-0.3, -0.25) is 19.2 Å². The molecule has 3 aromatic heterocycles. The van der Waals surface area contributed by atoms with Crippen LogP contribution in [0.25, 0.3) is 10.6 Å². The zero-order valence-electron chi connectivity index (χ0n) is 44.2. The largest absolute Gasteiger partial charge is 0.491 e. The molecule has 2 aromatic carbocycles. The summed E-state index contributed by atoms with van der Waals surface area (Å²) in [6, 6.07) is 15.0. The summed E-state index contributed by atoms with van der Waals surface area (Å²) in [6.07, 6.45) is 8.38. The molecule has 19 nitrogen and oxygen atoms in total. The van der Waals surface area contributed by atoms with E-state index in [9.17, 15) is 19.2 Å². The van der Waals surface area contributed by atoms with Crippen LogP contribution in [-0.2, 0) is 35.1 Å². The van der Waals surface area contributed by atoms with E-state index in [2.05, 4.69) is 50.4 Å². The Morgan fingerprint density at radius 2 is 1.47 bits per heavy atom. The van der Waals surface area contributed by atoms with Crippen LogP contribution >= 0.6 is 22.7 Å². The Kier molecular flexibility index (Phi) is 23.3. The Balaban J connectivity index is 0.701. The fourth-order valence-corrected chi connectivity index (χ4v) is 10.5. The molecule has 5 N–H and O–H groups in total. The summed E-state index contributed by atoms with van der Waals surface area (Å²) in [4.78, 5) is 73.7. The van der Waals surface area contributed by atoms with Crippen molar-refractivity contribution in [1.29, 1.82) is 0 Å². The van der Waals surface area contributed by atoms with Crippen molar-refractivity contribution in [1.82, 2.24) is 40.8 Å². The van der Waals surface area contributed by atoms with Crippen LogP contribution in [0.4, 0.5) is 11.8 Å². The summed E-state index contributed by atoms with van der Waals surface area (Å²) in [5.74, 6) is 1.83. The second kappa shape index (κ2) is 30.7. The quantitative estimate of drug-likeness (QED) is 0.0212. The number of likely N-dealkylation sites (N-methyl/N-ethyl adjacent to an activating group) is 1. The number of thiazole rings is 2. The summed E-state index contributed by atoms with van der Waals surface area (Å²) < 4.78 is 28.4. The maximum atomic E-state index is 14.2. The predicted octanol–water partition coefficient (Wildman–Crippen LogP) is 7.18. The van der Waals surface area contributed by atoms with Crippen LogP contribution in [0.2, 0.25) is 0 Å². The maximum Gasteiger partial charge on any atom is 0.251 e. The minimum atomic E-state index is -0.583. The Labute approximate surface area is 454 Å². The number of anilines is 2. The van der Waals surface area contributed by atoms with Crippen LogP contribution < -0.4 is 31.3 Å². The van der Waals surface area contributed by atoms with Gasteiger partial charge in [0.1, 0.15) is 39.9 Å². The van der Waals surface area contributed by atoms with Crippen molar-refractivity contribution in [3.63, 3.8) is 0 Å². The zero-order chi connectivity index (χ0) is 53.5. The van der Waals surface area contributed by atoms with Crippen molar-refractivity contribution >= 4 is 57.9 Å². The molecule has 3 unspecified atom stereocenters. The smallest absolute Gasteiger partial charge is 0.251 e. The number of nitrogens with one attached hydrogen (secondary N) is 5. The van der Waals surface area contributed by atoms with Gasteiger partial charge in [0.2, 0.25) is 23.5 Å². The topological polar surface area (TPSA) is 229 Å². The molecule has 76 heavy (non-hydrogen) atoms. The van der Waals surface area contributed by atoms with E-state index in [1.54, 1.807) is 61.9 Å². The van der Waals surface area contributed by atoms with Crippen LogP contribution in [0.5, 0.6) is 5.75 Å². The molecule has 2 aliphatic rings. The molecular weight excluding hydrogens is 1010 g/mol. The van der Waals surface area contributed by atoms with Gasteiger partial charge < -0.3 is 55.2 Å². The number of benzene rings is 2. The minimum Gasteiger partial charge on any atom is -0.491 e. The third-order valence-corrected chi connectivity index (χ3v) is 14.9. The van der Waals surface area contributed by atoms with Gasteiger partial charge in [-0.1, -0.05) is 57.4 Å². The lowest BCUT2D eigenvalue weighted by Crippen LogP contribution is -2.55. The molecule has 3 atom stereocenters. The van der Waals surface area contributed by atoms with Crippen molar-refractivity contribution < 1.29 is 42.9 Å². The van der Waals surface area contributed by atoms with E-state index < -0.39 is 12.1 Å². The SMILES string of the molecule is CNC(C)C(=O)NC(C(=O)N1CCCC1c1nc(C(=O)c2cccc(OCCOCCOCCOCCOCCNC(=O)c3ccc(-c4nc(CNc5nccc(NCC(C)C)n5)cs4)cc3)c2)cs1)C1CCCCC1. The van der Waals surface area contributed by atoms with E-state index in [1.165, 1.54) is 22.7 Å². The normalized spacial score (nSPS) is 15.6. The van der Waals surface area contributed by atoms with Gasteiger partial charge in [0.05, 0.1) is 77.2 Å². The van der Waals surface area contributed by atoms with E-state index in [0.717, 1.165) is 78.6 Å². The van der Waals surface area contributed by atoms with E-state index in [-0.39, 0.29) is 35.5 Å². The highest BCUT2D eigenvalue weighted by molar-refractivity contribution is 7.13. The highest BCUT2D eigenvalue weighted by Crippen LogP contribution is 2.37. The molecule has 3 amide bonds. The number of aromatic nitrogens is 4. The van der Waals surface area contributed by atoms with Crippen LogP contribution in [-0.4, -0.2) is 147 Å².